The minimum atomic E-state index is -1.14. The quantitative estimate of drug-likeness (QED) is 0.353. The van der Waals surface area contributed by atoms with Gasteiger partial charge in [0.15, 0.2) is 0 Å². The molecule has 0 heterocycles. The Morgan fingerprint density at radius 2 is 1.50 bits per heavy atom. The summed E-state index contributed by atoms with van der Waals surface area (Å²) < 4.78 is 26.8. The lowest BCUT2D eigenvalue weighted by atomic mass is 10.1. The van der Waals surface area contributed by atoms with E-state index in [1.165, 1.54) is 36.4 Å². The second kappa shape index (κ2) is 13.3. The summed E-state index contributed by atoms with van der Waals surface area (Å²) >= 11 is 0. The van der Waals surface area contributed by atoms with Gasteiger partial charge in [-0.05, 0) is 57.0 Å². The molecule has 1 atom stereocenters. The highest BCUT2D eigenvalue weighted by atomic mass is 19.1. The van der Waals surface area contributed by atoms with Gasteiger partial charge in [0.1, 0.15) is 17.7 Å². The summed E-state index contributed by atoms with van der Waals surface area (Å²) in [7, 11) is 0. The van der Waals surface area contributed by atoms with Crippen molar-refractivity contribution in [3.63, 3.8) is 0 Å². The maximum atomic E-state index is 13.7. The van der Waals surface area contributed by atoms with Gasteiger partial charge in [0, 0.05) is 25.0 Å². The number of benzene rings is 2. The van der Waals surface area contributed by atoms with Crippen molar-refractivity contribution in [2.24, 2.45) is 0 Å². The van der Waals surface area contributed by atoms with E-state index in [0.29, 0.717) is 6.42 Å². The minimum absolute atomic E-state index is 0.00185. The van der Waals surface area contributed by atoms with Crippen LogP contribution in [-0.2, 0) is 20.8 Å². The number of carbonyl (C=O) groups is 4. The van der Waals surface area contributed by atoms with E-state index in [0.717, 1.165) is 5.56 Å². The lowest BCUT2D eigenvalue weighted by Gasteiger charge is -2.23. The molecule has 0 fully saturated rings. The Kier molecular flexibility index (Phi) is 10.5. The van der Waals surface area contributed by atoms with Crippen LogP contribution in [0.5, 0.6) is 0 Å². The molecule has 4 N–H and O–H groups in total. The van der Waals surface area contributed by atoms with E-state index in [1.807, 2.05) is 0 Å². The number of nitrogens with one attached hydrogen (secondary N) is 4. The fourth-order valence-electron chi connectivity index (χ4n) is 3.26. The van der Waals surface area contributed by atoms with Gasteiger partial charge in [0.25, 0.3) is 5.91 Å². The van der Waals surface area contributed by atoms with Crippen LogP contribution in [-0.4, -0.2) is 48.3 Å². The topological polar surface area (TPSA) is 116 Å². The highest BCUT2D eigenvalue weighted by molar-refractivity contribution is 5.94. The fraction of sp³-hybridized carbons (Fsp3) is 0.385. The van der Waals surface area contributed by atoms with Gasteiger partial charge in [-0.15, -0.1) is 0 Å². The normalized spacial score (nSPS) is 11.8. The first-order valence-corrected chi connectivity index (χ1v) is 11.6. The summed E-state index contributed by atoms with van der Waals surface area (Å²) in [6.07, 6.45) is 0.0820. The van der Waals surface area contributed by atoms with E-state index < -0.39 is 41.0 Å². The smallest absolute Gasteiger partial charge is 0.254 e. The van der Waals surface area contributed by atoms with Crippen LogP contribution in [0, 0.1) is 11.6 Å². The summed E-state index contributed by atoms with van der Waals surface area (Å²) in [6.45, 7) is 5.39. The number of hydrogen-bond acceptors (Lipinski definition) is 4. The summed E-state index contributed by atoms with van der Waals surface area (Å²) in [4.78, 5) is 49.7. The van der Waals surface area contributed by atoms with Crippen LogP contribution in [0.1, 0.15) is 49.5 Å². The van der Waals surface area contributed by atoms with Gasteiger partial charge in [0.2, 0.25) is 17.7 Å². The minimum Gasteiger partial charge on any atom is -0.353 e. The lowest BCUT2D eigenvalue weighted by Crippen LogP contribution is -2.51. The van der Waals surface area contributed by atoms with Crippen molar-refractivity contribution < 1.29 is 28.0 Å². The fourth-order valence-corrected chi connectivity index (χ4v) is 3.26. The molecule has 2 aromatic carbocycles. The van der Waals surface area contributed by atoms with Gasteiger partial charge < -0.3 is 21.3 Å². The van der Waals surface area contributed by atoms with Crippen LogP contribution in [0.25, 0.3) is 0 Å². The number of halogens is 2. The Hall–Kier alpha value is -3.82. The van der Waals surface area contributed by atoms with Crippen molar-refractivity contribution in [1.29, 1.82) is 0 Å². The molecule has 10 heteroatoms. The Bertz CT molecular complexity index is 1070. The molecule has 0 saturated carbocycles. The SMILES string of the molecule is CC(C)(C)NC(=O)C[C@H](NC(=O)CCc1ccc(F)cc1)C(=O)NCCNC(=O)c1ccccc1F. The van der Waals surface area contributed by atoms with Crippen LogP contribution in [0.4, 0.5) is 8.78 Å². The van der Waals surface area contributed by atoms with E-state index in [1.54, 1.807) is 32.9 Å². The van der Waals surface area contributed by atoms with Gasteiger partial charge in [-0.2, -0.15) is 0 Å². The standard InChI is InChI=1S/C26H32F2N4O4/c1-26(2,3)32-23(34)16-21(31-22(33)13-10-17-8-11-18(27)12-9-17)25(36)30-15-14-29-24(35)19-6-4-5-7-20(19)28/h4-9,11-12,21H,10,13-16H2,1-3H3,(H,29,35)(H,30,36)(H,31,33)(H,32,34)/t21-/m0/s1. The van der Waals surface area contributed by atoms with Crippen LogP contribution >= 0.6 is 0 Å². The molecule has 0 aliphatic heterocycles. The number of rotatable bonds is 11. The molecule has 4 amide bonds. The third kappa shape index (κ3) is 10.2. The van der Waals surface area contributed by atoms with Gasteiger partial charge >= 0.3 is 0 Å². The Balaban J connectivity index is 1.91. The molecule has 194 valence electrons. The van der Waals surface area contributed by atoms with E-state index in [-0.39, 0.29) is 37.3 Å². The molecular formula is C26H32F2N4O4. The average Bonchev–Trinajstić information content (AvgIpc) is 2.80. The van der Waals surface area contributed by atoms with Crippen LogP contribution < -0.4 is 21.3 Å². The highest BCUT2D eigenvalue weighted by Gasteiger charge is 2.25. The average molecular weight is 503 g/mol. The molecule has 0 aliphatic rings. The van der Waals surface area contributed by atoms with Gasteiger partial charge in [-0.25, -0.2) is 8.78 Å². The van der Waals surface area contributed by atoms with Crippen molar-refractivity contribution >= 4 is 23.6 Å². The molecule has 0 aliphatic carbocycles. The maximum absolute atomic E-state index is 13.7. The first kappa shape index (κ1) is 28.4. The Labute approximate surface area is 209 Å². The second-order valence-electron chi connectivity index (χ2n) is 9.28. The third-order valence-electron chi connectivity index (χ3n) is 4.94. The zero-order chi connectivity index (χ0) is 26.7. The van der Waals surface area contributed by atoms with E-state index >= 15 is 0 Å². The van der Waals surface area contributed by atoms with Crippen LogP contribution in [0.3, 0.4) is 0 Å². The van der Waals surface area contributed by atoms with Crippen molar-refractivity contribution in [3.05, 3.63) is 71.3 Å². The molecule has 0 bridgehead atoms. The van der Waals surface area contributed by atoms with Gasteiger partial charge in [0.05, 0.1) is 12.0 Å². The predicted octanol–water partition coefficient (Wildman–Crippen LogP) is 2.23. The zero-order valence-electron chi connectivity index (χ0n) is 20.6. The molecule has 0 spiro atoms. The monoisotopic (exact) mass is 502 g/mol. The van der Waals surface area contributed by atoms with Crippen molar-refractivity contribution in [2.45, 2.75) is 51.6 Å². The van der Waals surface area contributed by atoms with Crippen molar-refractivity contribution in [1.82, 2.24) is 21.3 Å². The molecular weight excluding hydrogens is 470 g/mol. The first-order chi connectivity index (χ1) is 16.9. The summed E-state index contributed by atoms with van der Waals surface area (Å²) in [5.41, 5.74) is 0.111. The molecule has 0 radical (unpaired) electrons. The van der Waals surface area contributed by atoms with E-state index in [9.17, 15) is 28.0 Å². The highest BCUT2D eigenvalue weighted by Crippen LogP contribution is 2.07. The van der Waals surface area contributed by atoms with Crippen molar-refractivity contribution in [3.8, 4) is 0 Å². The molecule has 0 unspecified atom stereocenters. The largest absolute Gasteiger partial charge is 0.353 e. The summed E-state index contributed by atoms with van der Waals surface area (Å²) in [6, 6.07) is 10.1. The zero-order valence-corrected chi connectivity index (χ0v) is 20.6. The van der Waals surface area contributed by atoms with E-state index in [4.69, 9.17) is 0 Å². The molecule has 36 heavy (non-hydrogen) atoms. The predicted molar refractivity (Wildman–Crippen MR) is 131 cm³/mol. The number of hydrogen-bond donors (Lipinski definition) is 4. The van der Waals surface area contributed by atoms with E-state index in [2.05, 4.69) is 21.3 Å². The number of carbonyl (C=O) groups excluding carboxylic acids is 4. The molecule has 2 rings (SSSR count). The van der Waals surface area contributed by atoms with Gasteiger partial charge in [-0.3, -0.25) is 19.2 Å². The van der Waals surface area contributed by atoms with Gasteiger partial charge in [-0.1, -0.05) is 24.3 Å². The van der Waals surface area contributed by atoms with Crippen LogP contribution in [0.2, 0.25) is 0 Å². The number of amides is 4. The summed E-state index contributed by atoms with van der Waals surface area (Å²) in [5, 5.41) is 10.4. The third-order valence-corrected chi connectivity index (χ3v) is 4.94. The van der Waals surface area contributed by atoms with Crippen LogP contribution in [0.15, 0.2) is 48.5 Å². The Morgan fingerprint density at radius 3 is 2.14 bits per heavy atom. The summed E-state index contributed by atoms with van der Waals surface area (Å²) in [5.74, 6) is -3.14. The maximum Gasteiger partial charge on any atom is 0.254 e. The molecule has 8 nitrogen and oxygen atoms in total. The Morgan fingerprint density at radius 1 is 0.861 bits per heavy atom. The molecule has 0 aromatic heterocycles. The number of aryl methyl sites for hydroxylation is 1. The molecule has 0 saturated heterocycles. The lowest BCUT2D eigenvalue weighted by molar-refractivity contribution is -0.132. The second-order valence-corrected chi connectivity index (χ2v) is 9.28. The first-order valence-electron chi connectivity index (χ1n) is 11.6. The van der Waals surface area contributed by atoms with Crippen molar-refractivity contribution in [2.75, 3.05) is 13.1 Å². The molecule has 2 aromatic rings.